The predicted octanol–water partition coefficient (Wildman–Crippen LogP) is 5.98. The summed E-state index contributed by atoms with van der Waals surface area (Å²) in [6, 6.07) is 29.1. The van der Waals surface area contributed by atoms with Gasteiger partial charge in [-0.15, -0.1) is 0 Å². The van der Waals surface area contributed by atoms with Crippen molar-refractivity contribution in [2.75, 3.05) is 5.75 Å². The Morgan fingerprint density at radius 2 is 1.33 bits per heavy atom. The number of benzene rings is 3. The molecule has 0 aliphatic heterocycles. The van der Waals surface area contributed by atoms with E-state index in [1.807, 2.05) is 91.0 Å². The van der Waals surface area contributed by atoms with Crippen LogP contribution in [0.25, 0.3) is 22.6 Å². The van der Waals surface area contributed by atoms with Crippen molar-refractivity contribution < 1.29 is 9.21 Å². The minimum atomic E-state index is 0.0568. The second-order valence-electron chi connectivity index (χ2n) is 5.97. The number of thioether (sulfide) groups is 1. The molecule has 0 saturated carbocycles. The summed E-state index contributed by atoms with van der Waals surface area (Å²) in [6.07, 6.45) is 0. The molecule has 3 aromatic carbocycles. The highest BCUT2D eigenvalue weighted by atomic mass is 32.2. The zero-order valence-corrected chi connectivity index (χ0v) is 15.4. The molecule has 0 bridgehead atoms. The molecule has 4 heteroatoms. The van der Waals surface area contributed by atoms with E-state index in [1.54, 1.807) is 0 Å². The molecule has 132 valence electrons. The Kier molecular flexibility index (Phi) is 5.17. The molecular formula is C23H17NO2S. The van der Waals surface area contributed by atoms with Gasteiger partial charge in [0.2, 0.25) is 0 Å². The van der Waals surface area contributed by atoms with Gasteiger partial charge in [-0.05, 0) is 0 Å². The first-order valence-corrected chi connectivity index (χ1v) is 9.62. The minimum Gasteiger partial charge on any atom is -0.431 e. The molecule has 0 N–H and O–H groups in total. The van der Waals surface area contributed by atoms with E-state index in [1.165, 1.54) is 11.8 Å². The zero-order valence-electron chi connectivity index (χ0n) is 14.5. The van der Waals surface area contributed by atoms with Gasteiger partial charge in [-0.2, -0.15) is 0 Å². The van der Waals surface area contributed by atoms with Gasteiger partial charge >= 0.3 is 0 Å². The summed E-state index contributed by atoms with van der Waals surface area (Å²) >= 11 is 1.32. The van der Waals surface area contributed by atoms with Crippen LogP contribution < -0.4 is 0 Å². The molecule has 0 aliphatic rings. The third kappa shape index (κ3) is 4.01. The number of hydrogen-bond acceptors (Lipinski definition) is 4. The van der Waals surface area contributed by atoms with Crippen molar-refractivity contribution in [3.05, 3.63) is 96.6 Å². The molecule has 4 aromatic rings. The largest absolute Gasteiger partial charge is 0.431 e. The molecule has 1 heterocycles. The average Bonchev–Trinajstić information content (AvgIpc) is 3.18. The van der Waals surface area contributed by atoms with Gasteiger partial charge in [0.25, 0.3) is 5.22 Å². The van der Waals surface area contributed by atoms with E-state index >= 15 is 0 Å². The van der Waals surface area contributed by atoms with Crippen molar-refractivity contribution in [2.45, 2.75) is 5.22 Å². The van der Waals surface area contributed by atoms with E-state index in [0.717, 1.165) is 22.6 Å². The number of carbonyl (C=O) groups is 1. The molecule has 0 unspecified atom stereocenters. The average molecular weight is 371 g/mol. The fraction of sp³-hybridized carbons (Fsp3) is 0.0435. The van der Waals surface area contributed by atoms with Crippen LogP contribution in [-0.4, -0.2) is 16.5 Å². The number of aromatic nitrogens is 1. The maximum absolute atomic E-state index is 12.4. The highest BCUT2D eigenvalue weighted by molar-refractivity contribution is 7.99. The van der Waals surface area contributed by atoms with Crippen LogP contribution in [0.15, 0.2) is 101 Å². The van der Waals surface area contributed by atoms with Crippen LogP contribution in [0.3, 0.4) is 0 Å². The second-order valence-corrected chi connectivity index (χ2v) is 6.89. The molecule has 0 radical (unpaired) electrons. The molecule has 0 fully saturated rings. The van der Waals surface area contributed by atoms with Crippen LogP contribution >= 0.6 is 11.8 Å². The Morgan fingerprint density at radius 1 is 0.778 bits per heavy atom. The lowest BCUT2D eigenvalue weighted by molar-refractivity contribution is 0.102. The topological polar surface area (TPSA) is 43.1 Å². The van der Waals surface area contributed by atoms with Crippen molar-refractivity contribution in [1.29, 1.82) is 0 Å². The molecule has 0 saturated heterocycles. The normalized spacial score (nSPS) is 10.7. The number of ketones is 1. The molecule has 0 amide bonds. The Morgan fingerprint density at radius 3 is 1.96 bits per heavy atom. The highest BCUT2D eigenvalue weighted by Gasteiger charge is 2.18. The lowest BCUT2D eigenvalue weighted by atomic mass is 10.1. The molecule has 4 rings (SSSR count). The van der Waals surface area contributed by atoms with Gasteiger partial charge < -0.3 is 4.42 Å². The lowest BCUT2D eigenvalue weighted by Crippen LogP contribution is -2.01. The van der Waals surface area contributed by atoms with Gasteiger partial charge in [0, 0.05) is 16.7 Å². The summed E-state index contributed by atoms with van der Waals surface area (Å²) in [5.74, 6) is 1.06. The van der Waals surface area contributed by atoms with Crippen molar-refractivity contribution in [2.24, 2.45) is 0 Å². The van der Waals surface area contributed by atoms with Gasteiger partial charge in [0.1, 0.15) is 5.69 Å². The highest BCUT2D eigenvalue weighted by Crippen LogP contribution is 2.35. The molecular weight excluding hydrogens is 354 g/mol. The smallest absolute Gasteiger partial charge is 0.257 e. The number of oxazole rings is 1. The SMILES string of the molecule is O=C(CSc1nc(-c2ccccc2)c(-c2ccccc2)o1)c1ccccc1. The van der Waals surface area contributed by atoms with Crippen molar-refractivity contribution in [3.63, 3.8) is 0 Å². The fourth-order valence-corrected chi connectivity index (χ4v) is 3.49. The first-order valence-electron chi connectivity index (χ1n) is 8.64. The summed E-state index contributed by atoms with van der Waals surface area (Å²) in [5, 5.41) is 0.497. The first kappa shape index (κ1) is 17.3. The number of carbonyl (C=O) groups excluding carboxylic acids is 1. The van der Waals surface area contributed by atoms with E-state index in [2.05, 4.69) is 4.98 Å². The summed E-state index contributed by atoms with van der Waals surface area (Å²) in [6.45, 7) is 0. The van der Waals surface area contributed by atoms with E-state index in [0.29, 0.717) is 10.8 Å². The van der Waals surface area contributed by atoms with Gasteiger partial charge in [0.15, 0.2) is 11.5 Å². The Hall–Kier alpha value is -3.11. The van der Waals surface area contributed by atoms with E-state index < -0.39 is 0 Å². The predicted molar refractivity (Wildman–Crippen MR) is 109 cm³/mol. The summed E-state index contributed by atoms with van der Waals surface area (Å²) in [4.78, 5) is 17.0. The third-order valence-corrected chi connectivity index (χ3v) is 4.94. The second kappa shape index (κ2) is 8.06. The Balaban J connectivity index is 1.62. The van der Waals surface area contributed by atoms with E-state index in [9.17, 15) is 4.79 Å². The molecule has 27 heavy (non-hydrogen) atoms. The number of nitrogens with zero attached hydrogens (tertiary/aromatic N) is 1. The number of hydrogen-bond donors (Lipinski definition) is 0. The molecule has 0 spiro atoms. The van der Waals surface area contributed by atoms with Crippen LogP contribution in [0.4, 0.5) is 0 Å². The quantitative estimate of drug-likeness (QED) is 0.309. The van der Waals surface area contributed by atoms with Gasteiger partial charge in [-0.3, -0.25) is 4.79 Å². The van der Waals surface area contributed by atoms with Crippen molar-refractivity contribution in [1.82, 2.24) is 4.98 Å². The molecule has 3 nitrogen and oxygen atoms in total. The van der Waals surface area contributed by atoms with Crippen LogP contribution in [-0.2, 0) is 0 Å². The summed E-state index contributed by atoms with van der Waals surface area (Å²) < 4.78 is 6.04. The molecule has 0 atom stereocenters. The van der Waals surface area contributed by atoms with Gasteiger partial charge in [-0.1, -0.05) is 103 Å². The maximum Gasteiger partial charge on any atom is 0.257 e. The minimum absolute atomic E-state index is 0.0568. The lowest BCUT2D eigenvalue weighted by Gasteiger charge is -2.00. The van der Waals surface area contributed by atoms with Crippen molar-refractivity contribution >= 4 is 17.5 Å². The molecule has 0 aliphatic carbocycles. The number of rotatable bonds is 6. The van der Waals surface area contributed by atoms with Gasteiger partial charge in [-0.25, -0.2) is 4.98 Å². The third-order valence-electron chi connectivity index (χ3n) is 4.11. The Bertz CT molecular complexity index is 971. The van der Waals surface area contributed by atoms with Gasteiger partial charge in [0.05, 0.1) is 5.75 Å². The van der Waals surface area contributed by atoms with Crippen molar-refractivity contribution in [3.8, 4) is 22.6 Å². The standard InChI is InChI=1S/C23H17NO2S/c25-20(17-10-4-1-5-11-17)16-27-23-24-21(18-12-6-2-7-13-18)22(26-23)19-14-8-3-9-15-19/h1-15H,16H2. The van der Waals surface area contributed by atoms with E-state index in [4.69, 9.17) is 4.42 Å². The van der Waals surface area contributed by atoms with Crippen LogP contribution in [0.5, 0.6) is 0 Å². The Labute approximate surface area is 162 Å². The van der Waals surface area contributed by atoms with Crippen LogP contribution in [0.1, 0.15) is 10.4 Å². The first-order chi connectivity index (χ1) is 13.3. The molecule has 1 aromatic heterocycles. The zero-order chi connectivity index (χ0) is 18.5. The van der Waals surface area contributed by atoms with Crippen LogP contribution in [0, 0.1) is 0 Å². The monoisotopic (exact) mass is 371 g/mol. The van der Waals surface area contributed by atoms with Crippen LogP contribution in [0.2, 0.25) is 0 Å². The number of Topliss-reactive ketones (excluding diaryl/α,β-unsaturated/α-hetero) is 1. The van der Waals surface area contributed by atoms with E-state index in [-0.39, 0.29) is 11.5 Å². The maximum atomic E-state index is 12.4. The summed E-state index contributed by atoms with van der Waals surface area (Å²) in [5.41, 5.74) is 3.44. The fourth-order valence-electron chi connectivity index (χ4n) is 2.77. The summed E-state index contributed by atoms with van der Waals surface area (Å²) in [7, 11) is 0.